The van der Waals surface area contributed by atoms with Crippen molar-refractivity contribution in [2.75, 3.05) is 26.9 Å². The van der Waals surface area contributed by atoms with E-state index >= 15 is 0 Å². The Morgan fingerprint density at radius 3 is 3.10 bits per heavy atom. The Balaban J connectivity index is 2.35. The lowest BCUT2D eigenvalue weighted by Crippen LogP contribution is -2.27. The van der Waals surface area contributed by atoms with E-state index in [9.17, 15) is 0 Å². The summed E-state index contributed by atoms with van der Waals surface area (Å²) in [6, 6.07) is 0. The zero-order valence-corrected chi connectivity index (χ0v) is 6.21. The fraction of sp³-hybridized carbons (Fsp3) is 0.833. The minimum absolute atomic E-state index is 0.614. The van der Waals surface area contributed by atoms with Crippen molar-refractivity contribution in [2.24, 2.45) is 10.9 Å². The lowest BCUT2D eigenvalue weighted by molar-refractivity contribution is 0.212. The highest BCUT2D eigenvalue weighted by Crippen LogP contribution is 2.03. The van der Waals surface area contributed by atoms with Crippen LogP contribution in [0.2, 0.25) is 0 Å². The Morgan fingerprint density at radius 1 is 1.80 bits per heavy atom. The summed E-state index contributed by atoms with van der Waals surface area (Å²) < 4.78 is 0. The van der Waals surface area contributed by atoms with Crippen LogP contribution >= 0.6 is 0 Å². The summed E-state index contributed by atoms with van der Waals surface area (Å²) in [5, 5.41) is 3.84. The Hall–Kier alpha value is -0.610. The maximum atomic E-state index is 5.42. The number of nitrogens with two attached hydrogens (primary N) is 1. The average Bonchev–Trinajstić information content (AvgIpc) is 2.37. The minimum atomic E-state index is 0.614. The zero-order valence-electron chi connectivity index (χ0n) is 6.21. The van der Waals surface area contributed by atoms with Crippen molar-refractivity contribution in [2.45, 2.75) is 6.42 Å². The molecule has 10 heavy (non-hydrogen) atoms. The van der Waals surface area contributed by atoms with Gasteiger partial charge in [0.25, 0.3) is 0 Å². The molecule has 1 saturated heterocycles. The number of hydrogen-bond acceptors (Lipinski definition) is 4. The van der Waals surface area contributed by atoms with Crippen molar-refractivity contribution in [3.63, 3.8) is 0 Å². The van der Waals surface area contributed by atoms with Crippen molar-refractivity contribution in [1.82, 2.24) is 4.90 Å². The Morgan fingerprint density at radius 2 is 2.60 bits per heavy atom. The lowest BCUT2D eigenvalue weighted by atomic mass is 10.3. The van der Waals surface area contributed by atoms with Crippen molar-refractivity contribution in [3.8, 4) is 0 Å². The van der Waals surface area contributed by atoms with Crippen LogP contribution in [0.3, 0.4) is 0 Å². The van der Waals surface area contributed by atoms with Crippen LogP contribution in [0.25, 0.3) is 0 Å². The molecule has 0 radical (unpaired) electrons. The molecule has 0 aliphatic carbocycles. The maximum absolute atomic E-state index is 5.42. The fourth-order valence-corrected chi connectivity index (χ4v) is 1.06. The van der Waals surface area contributed by atoms with Crippen LogP contribution in [0.4, 0.5) is 0 Å². The van der Waals surface area contributed by atoms with Crippen molar-refractivity contribution in [3.05, 3.63) is 0 Å². The van der Waals surface area contributed by atoms with E-state index in [1.807, 2.05) is 0 Å². The molecule has 1 aliphatic rings. The summed E-state index contributed by atoms with van der Waals surface area (Å²) in [6.07, 6.45) is 0.991. The highest BCUT2D eigenvalue weighted by molar-refractivity contribution is 5.87. The highest BCUT2D eigenvalue weighted by Gasteiger charge is 2.16. The second-order valence-corrected chi connectivity index (χ2v) is 2.33. The molecule has 4 nitrogen and oxygen atoms in total. The summed E-state index contributed by atoms with van der Waals surface area (Å²) >= 11 is 0. The largest absolute Gasteiger partial charge is 0.399 e. The van der Waals surface area contributed by atoms with Gasteiger partial charge in [0.2, 0.25) is 0 Å². The zero-order chi connectivity index (χ0) is 7.40. The van der Waals surface area contributed by atoms with Gasteiger partial charge in [-0.15, -0.1) is 0 Å². The van der Waals surface area contributed by atoms with E-state index in [4.69, 9.17) is 5.73 Å². The third-order valence-corrected chi connectivity index (χ3v) is 1.60. The predicted octanol–water partition coefficient (Wildman–Crippen LogP) is -0.389. The topological polar surface area (TPSA) is 50.8 Å². The van der Waals surface area contributed by atoms with Crippen molar-refractivity contribution in [1.29, 1.82) is 0 Å². The molecule has 1 fully saturated rings. The van der Waals surface area contributed by atoms with Gasteiger partial charge in [0.1, 0.15) is 7.11 Å². The van der Waals surface area contributed by atoms with Gasteiger partial charge in [-0.25, -0.2) is 0 Å². The van der Waals surface area contributed by atoms with Crippen LogP contribution in [-0.2, 0) is 4.84 Å². The van der Waals surface area contributed by atoms with Gasteiger partial charge in [0.05, 0.1) is 5.71 Å². The molecule has 0 aromatic heterocycles. The monoisotopic (exact) mass is 143 g/mol. The molecule has 1 heterocycles. The van der Waals surface area contributed by atoms with Gasteiger partial charge in [0.15, 0.2) is 0 Å². The van der Waals surface area contributed by atoms with Crippen molar-refractivity contribution >= 4 is 5.71 Å². The highest BCUT2D eigenvalue weighted by atomic mass is 16.6. The Kier molecular flexibility index (Phi) is 2.65. The van der Waals surface area contributed by atoms with E-state index in [1.54, 1.807) is 7.11 Å². The van der Waals surface area contributed by atoms with Crippen LogP contribution in [-0.4, -0.2) is 37.5 Å². The molecule has 0 amide bonds. The summed E-state index contributed by atoms with van der Waals surface area (Å²) in [5.41, 5.74) is 6.51. The number of rotatable bonds is 2. The SMILES string of the molecule is CON=C1CCN(CN)C1. The van der Waals surface area contributed by atoms with Gasteiger partial charge < -0.3 is 10.6 Å². The summed E-state index contributed by atoms with van der Waals surface area (Å²) in [6.45, 7) is 2.49. The van der Waals surface area contributed by atoms with E-state index in [0.29, 0.717) is 6.67 Å². The molecule has 58 valence electrons. The molecule has 4 heteroatoms. The van der Waals surface area contributed by atoms with Gasteiger partial charge in [-0.1, -0.05) is 5.16 Å². The molecule has 1 rings (SSSR count). The quantitative estimate of drug-likeness (QED) is 0.536. The van der Waals surface area contributed by atoms with Crippen LogP contribution in [0.15, 0.2) is 5.16 Å². The van der Waals surface area contributed by atoms with E-state index in [1.165, 1.54) is 0 Å². The number of nitrogens with zero attached hydrogens (tertiary/aromatic N) is 2. The van der Waals surface area contributed by atoms with Crippen molar-refractivity contribution < 1.29 is 4.84 Å². The van der Waals surface area contributed by atoms with E-state index in [-0.39, 0.29) is 0 Å². The molecule has 0 aromatic rings. The normalized spacial score (nSPS) is 24.0. The van der Waals surface area contributed by atoms with Gasteiger partial charge >= 0.3 is 0 Å². The molecular formula is C6H13N3O. The van der Waals surface area contributed by atoms with Gasteiger partial charge in [0, 0.05) is 26.2 Å². The first-order chi connectivity index (χ1) is 4.86. The Labute approximate surface area is 60.6 Å². The molecule has 0 atom stereocenters. The third-order valence-electron chi connectivity index (χ3n) is 1.60. The number of oxime groups is 1. The number of hydrogen-bond donors (Lipinski definition) is 1. The first-order valence-electron chi connectivity index (χ1n) is 3.38. The van der Waals surface area contributed by atoms with E-state index in [0.717, 1.165) is 25.2 Å². The standard InChI is InChI=1S/C6H13N3O/c1-10-8-6-2-3-9(4-6)5-7/h2-5,7H2,1H3. The van der Waals surface area contributed by atoms with Crippen LogP contribution in [0, 0.1) is 0 Å². The van der Waals surface area contributed by atoms with Gasteiger partial charge in [-0.05, 0) is 0 Å². The lowest BCUT2D eigenvalue weighted by Gasteiger charge is -2.07. The molecule has 0 unspecified atom stereocenters. The second kappa shape index (κ2) is 3.53. The molecule has 0 saturated carbocycles. The fourth-order valence-electron chi connectivity index (χ4n) is 1.06. The smallest absolute Gasteiger partial charge is 0.106 e. The molecule has 1 aliphatic heterocycles. The molecule has 2 N–H and O–H groups in total. The van der Waals surface area contributed by atoms with Gasteiger partial charge in [-0.3, -0.25) is 4.90 Å². The predicted molar refractivity (Wildman–Crippen MR) is 39.7 cm³/mol. The molecule has 0 bridgehead atoms. The maximum Gasteiger partial charge on any atom is 0.106 e. The first kappa shape index (κ1) is 7.50. The van der Waals surface area contributed by atoms with E-state index < -0.39 is 0 Å². The van der Waals surface area contributed by atoms with E-state index in [2.05, 4.69) is 14.9 Å². The van der Waals surface area contributed by atoms with Gasteiger partial charge in [-0.2, -0.15) is 0 Å². The van der Waals surface area contributed by atoms with Crippen LogP contribution < -0.4 is 5.73 Å². The third kappa shape index (κ3) is 1.68. The minimum Gasteiger partial charge on any atom is -0.399 e. The molecular weight excluding hydrogens is 130 g/mol. The summed E-state index contributed by atoms with van der Waals surface area (Å²) in [4.78, 5) is 6.76. The summed E-state index contributed by atoms with van der Waals surface area (Å²) in [7, 11) is 1.57. The number of likely N-dealkylation sites (tertiary alicyclic amines) is 1. The average molecular weight is 143 g/mol. The first-order valence-corrected chi connectivity index (χ1v) is 3.38. The van der Waals surface area contributed by atoms with Crippen LogP contribution in [0.5, 0.6) is 0 Å². The second-order valence-electron chi connectivity index (χ2n) is 2.33. The van der Waals surface area contributed by atoms with Crippen LogP contribution in [0.1, 0.15) is 6.42 Å². The Bertz CT molecular complexity index is 135. The molecule has 0 spiro atoms. The molecule has 0 aromatic carbocycles. The summed E-state index contributed by atoms with van der Waals surface area (Å²) in [5.74, 6) is 0.